The van der Waals surface area contributed by atoms with Gasteiger partial charge in [0.2, 0.25) is 0 Å². The Hall–Kier alpha value is -0.670. The van der Waals surface area contributed by atoms with Crippen molar-refractivity contribution in [1.82, 2.24) is 9.97 Å². The maximum absolute atomic E-state index is 11.3. The predicted octanol–water partition coefficient (Wildman–Crippen LogP) is 2.64. The fourth-order valence-corrected chi connectivity index (χ4v) is 3.25. The van der Waals surface area contributed by atoms with Gasteiger partial charge >= 0.3 is 0 Å². The molecule has 0 N–H and O–H groups in total. The van der Waals surface area contributed by atoms with E-state index in [4.69, 9.17) is 0 Å². The lowest BCUT2D eigenvalue weighted by Crippen LogP contribution is -1.96. The minimum Gasteiger partial charge on any atom is -0.244 e. The van der Waals surface area contributed by atoms with Crippen molar-refractivity contribution in [2.24, 2.45) is 0 Å². The molecule has 0 aliphatic carbocycles. The Labute approximate surface area is 123 Å². The van der Waals surface area contributed by atoms with Crippen LogP contribution >= 0.6 is 34.4 Å². The van der Waals surface area contributed by atoms with Crippen LogP contribution in [-0.4, -0.2) is 24.6 Å². The number of benzene rings is 1. The molecule has 0 fully saturated rings. The highest BCUT2D eigenvalue weighted by Crippen LogP contribution is 2.29. The smallest absolute Gasteiger partial charge is 0.175 e. The predicted molar refractivity (Wildman–Crippen MR) is 78.4 cm³/mol. The molecule has 18 heavy (non-hydrogen) atoms. The van der Waals surface area contributed by atoms with Crippen LogP contribution in [0.15, 0.2) is 51.6 Å². The van der Waals surface area contributed by atoms with Gasteiger partial charge in [-0.15, -0.1) is 0 Å². The van der Waals surface area contributed by atoms with Crippen LogP contribution in [0.2, 0.25) is 0 Å². The lowest BCUT2D eigenvalue weighted by molar-refractivity contribution is 0.602. The van der Waals surface area contributed by atoms with E-state index >= 15 is 0 Å². The molecule has 0 amide bonds. The average molecular weight is 392 g/mol. The minimum absolute atomic E-state index is 0.323. The summed E-state index contributed by atoms with van der Waals surface area (Å²) in [6, 6.07) is 6.76. The van der Waals surface area contributed by atoms with Crippen molar-refractivity contribution in [2.75, 3.05) is 6.26 Å². The number of halogens is 1. The molecule has 94 valence electrons. The normalized spacial score (nSPS) is 11.4. The van der Waals surface area contributed by atoms with E-state index < -0.39 is 9.84 Å². The third-order valence-corrected chi connectivity index (χ3v) is 5.41. The number of aromatic nitrogens is 2. The van der Waals surface area contributed by atoms with E-state index in [1.165, 1.54) is 24.3 Å². The molecule has 0 aliphatic rings. The van der Waals surface area contributed by atoms with Gasteiger partial charge < -0.3 is 0 Å². The molecule has 0 atom stereocenters. The van der Waals surface area contributed by atoms with Gasteiger partial charge in [-0.05, 0) is 46.9 Å². The Morgan fingerprint density at radius 1 is 1.22 bits per heavy atom. The molecule has 2 aromatic rings. The molecular formula is C11H9IN2O2S2. The molecule has 0 saturated carbocycles. The van der Waals surface area contributed by atoms with Gasteiger partial charge in [0, 0.05) is 17.3 Å². The molecule has 4 nitrogen and oxygen atoms in total. The number of sulfone groups is 1. The Kier molecular flexibility index (Phi) is 4.23. The number of nitrogens with zero attached hydrogens (tertiary/aromatic N) is 2. The van der Waals surface area contributed by atoms with Crippen molar-refractivity contribution in [2.45, 2.75) is 14.8 Å². The summed E-state index contributed by atoms with van der Waals surface area (Å²) in [5.41, 5.74) is 0. The summed E-state index contributed by atoms with van der Waals surface area (Å²) in [4.78, 5) is 9.36. The van der Waals surface area contributed by atoms with E-state index in [9.17, 15) is 8.42 Å². The fourth-order valence-electron chi connectivity index (χ4n) is 1.24. The van der Waals surface area contributed by atoms with E-state index in [2.05, 4.69) is 32.6 Å². The van der Waals surface area contributed by atoms with Crippen LogP contribution in [0.25, 0.3) is 0 Å². The first-order chi connectivity index (χ1) is 8.47. The minimum atomic E-state index is -3.14. The van der Waals surface area contributed by atoms with E-state index in [0.29, 0.717) is 4.90 Å². The molecule has 0 aliphatic heterocycles. The summed E-state index contributed by atoms with van der Waals surface area (Å²) < 4.78 is 23.6. The quantitative estimate of drug-likeness (QED) is 0.594. The molecule has 0 saturated heterocycles. The summed E-state index contributed by atoms with van der Waals surface area (Å²) in [5, 5.41) is 0.859. The van der Waals surface area contributed by atoms with Gasteiger partial charge in [0.15, 0.2) is 9.84 Å². The molecule has 0 bridgehead atoms. The van der Waals surface area contributed by atoms with Crippen LogP contribution in [0.5, 0.6) is 0 Å². The van der Waals surface area contributed by atoms with E-state index in [-0.39, 0.29) is 0 Å². The zero-order valence-electron chi connectivity index (χ0n) is 9.37. The lowest BCUT2D eigenvalue weighted by atomic mass is 10.4. The fraction of sp³-hybridized carbons (Fsp3) is 0.0909. The molecule has 1 aromatic carbocycles. The number of rotatable bonds is 3. The highest BCUT2D eigenvalue weighted by atomic mass is 127. The molecule has 0 radical (unpaired) electrons. The first-order valence-electron chi connectivity index (χ1n) is 4.90. The SMILES string of the molecule is CS(=O)(=O)c1ccc(Sc2ncncc2I)cc1. The second-order valence-corrected chi connectivity index (χ2v) is 7.76. The summed E-state index contributed by atoms with van der Waals surface area (Å²) in [5.74, 6) is 0. The third kappa shape index (κ3) is 3.42. The van der Waals surface area contributed by atoms with Gasteiger partial charge in [-0.2, -0.15) is 0 Å². The molecule has 0 spiro atoms. The standard InChI is InChI=1S/C11H9IN2O2S2/c1-18(15,16)9-4-2-8(3-5-9)17-11-10(12)6-13-7-14-11/h2-7H,1H3. The topological polar surface area (TPSA) is 59.9 Å². The van der Waals surface area contributed by atoms with Crippen molar-refractivity contribution in [1.29, 1.82) is 0 Å². The molecule has 1 aromatic heterocycles. The summed E-state index contributed by atoms with van der Waals surface area (Å²) in [7, 11) is -3.14. The molecule has 2 rings (SSSR count). The zero-order chi connectivity index (χ0) is 13.2. The van der Waals surface area contributed by atoms with E-state index in [0.717, 1.165) is 13.5 Å². The maximum Gasteiger partial charge on any atom is 0.175 e. The Bertz CT molecular complexity index is 657. The summed E-state index contributed by atoms with van der Waals surface area (Å²) >= 11 is 3.65. The van der Waals surface area contributed by atoms with Gasteiger partial charge in [0.1, 0.15) is 11.4 Å². The van der Waals surface area contributed by atoms with E-state index in [1.807, 2.05) is 0 Å². The summed E-state index contributed by atoms with van der Waals surface area (Å²) in [6.45, 7) is 0. The van der Waals surface area contributed by atoms with Crippen molar-refractivity contribution >= 4 is 44.2 Å². The largest absolute Gasteiger partial charge is 0.244 e. The monoisotopic (exact) mass is 392 g/mol. The molecule has 1 heterocycles. The first-order valence-corrected chi connectivity index (χ1v) is 8.69. The molecular weight excluding hydrogens is 383 g/mol. The van der Waals surface area contributed by atoms with Crippen LogP contribution in [0.3, 0.4) is 0 Å². The Morgan fingerprint density at radius 2 is 1.89 bits per heavy atom. The molecule has 7 heteroatoms. The average Bonchev–Trinajstić information content (AvgIpc) is 2.32. The van der Waals surface area contributed by atoms with Crippen molar-refractivity contribution in [3.05, 3.63) is 40.4 Å². The third-order valence-electron chi connectivity index (χ3n) is 2.10. The highest BCUT2D eigenvalue weighted by Gasteiger charge is 2.08. The first kappa shape index (κ1) is 13.8. The number of hydrogen-bond acceptors (Lipinski definition) is 5. The van der Waals surface area contributed by atoms with E-state index in [1.54, 1.807) is 30.5 Å². The Balaban J connectivity index is 2.24. The van der Waals surface area contributed by atoms with Crippen LogP contribution < -0.4 is 0 Å². The van der Waals surface area contributed by atoms with Gasteiger partial charge in [-0.3, -0.25) is 0 Å². The van der Waals surface area contributed by atoms with Gasteiger partial charge in [0.25, 0.3) is 0 Å². The second-order valence-electron chi connectivity index (χ2n) is 3.52. The number of hydrogen-bond donors (Lipinski definition) is 0. The van der Waals surface area contributed by atoms with Crippen LogP contribution in [0.4, 0.5) is 0 Å². The summed E-state index contributed by atoms with van der Waals surface area (Å²) in [6.07, 6.45) is 4.43. The van der Waals surface area contributed by atoms with Crippen molar-refractivity contribution in [3.63, 3.8) is 0 Å². The van der Waals surface area contributed by atoms with Gasteiger partial charge in [0.05, 0.1) is 8.47 Å². The van der Waals surface area contributed by atoms with Crippen LogP contribution in [0, 0.1) is 3.57 Å². The Morgan fingerprint density at radius 3 is 2.44 bits per heavy atom. The van der Waals surface area contributed by atoms with Crippen LogP contribution in [-0.2, 0) is 9.84 Å². The van der Waals surface area contributed by atoms with Gasteiger partial charge in [-0.1, -0.05) is 11.8 Å². The molecule has 0 unspecified atom stereocenters. The second kappa shape index (κ2) is 5.54. The van der Waals surface area contributed by atoms with Crippen molar-refractivity contribution in [3.8, 4) is 0 Å². The maximum atomic E-state index is 11.3. The zero-order valence-corrected chi connectivity index (χ0v) is 13.2. The van der Waals surface area contributed by atoms with Crippen LogP contribution in [0.1, 0.15) is 0 Å². The highest BCUT2D eigenvalue weighted by molar-refractivity contribution is 14.1. The van der Waals surface area contributed by atoms with Crippen molar-refractivity contribution < 1.29 is 8.42 Å². The van der Waals surface area contributed by atoms with Gasteiger partial charge in [-0.25, -0.2) is 18.4 Å². The lowest BCUT2D eigenvalue weighted by Gasteiger charge is -2.03.